The summed E-state index contributed by atoms with van der Waals surface area (Å²) in [5.74, 6) is 2.53. The van der Waals surface area contributed by atoms with Crippen LogP contribution in [0.4, 0.5) is 5.82 Å². The first-order valence-corrected chi connectivity index (χ1v) is 11.0. The van der Waals surface area contributed by atoms with Crippen LogP contribution in [-0.4, -0.2) is 27.2 Å². The summed E-state index contributed by atoms with van der Waals surface area (Å²) in [5, 5.41) is 4.47. The molecule has 158 valence electrons. The molecule has 5 rings (SSSR count). The maximum atomic E-state index is 6.72. The van der Waals surface area contributed by atoms with Crippen molar-refractivity contribution in [2.75, 3.05) is 12.3 Å². The quantitative estimate of drug-likeness (QED) is 0.690. The van der Waals surface area contributed by atoms with Crippen molar-refractivity contribution < 1.29 is 4.74 Å². The summed E-state index contributed by atoms with van der Waals surface area (Å²) in [5.41, 5.74) is 12.2. The molecule has 2 aromatic heterocycles. The van der Waals surface area contributed by atoms with Crippen molar-refractivity contribution in [2.24, 2.45) is 11.8 Å². The van der Waals surface area contributed by atoms with Gasteiger partial charge >= 0.3 is 0 Å². The zero-order valence-electron chi connectivity index (χ0n) is 18.3. The van der Waals surface area contributed by atoms with Gasteiger partial charge in [-0.05, 0) is 61.4 Å². The van der Waals surface area contributed by atoms with Gasteiger partial charge in [0.1, 0.15) is 29.6 Å². The van der Waals surface area contributed by atoms with Crippen LogP contribution in [0.5, 0.6) is 5.75 Å². The van der Waals surface area contributed by atoms with E-state index < -0.39 is 0 Å². The number of benzene rings is 1. The highest BCUT2D eigenvalue weighted by atomic mass is 16.5. The number of nitrogen functional groups attached to an aromatic ring is 1. The van der Waals surface area contributed by atoms with Gasteiger partial charge < -0.3 is 20.4 Å². The van der Waals surface area contributed by atoms with Crippen LogP contribution >= 0.6 is 0 Å². The molecule has 3 heterocycles. The average Bonchev–Trinajstić information content (AvgIpc) is 3.20. The lowest BCUT2D eigenvalue weighted by Gasteiger charge is -2.25. The van der Waals surface area contributed by atoms with Gasteiger partial charge in [-0.15, -0.1) is 0 Å². The molecular formula is C24H31N5O. The Balaban J connectivity index is 1.47. The molecule has 0 bridgehead atoms. The predicted molar refractivity (Wildman–Crippen MR) is 120 cm³/mol. The molecule has 1 aliphatic carbocycles. The van der Waals surface area contributed by atoms with Crippen LogP contribution in [0.2, 0.25) is 0 Å². The van der Waals surface area contributed by atoms with Gasteiger partial charge in [0.25, 0.3) is 0 Å². The second kappa shape index (κ2) is 7.27. The van der Waals surface area contributed by atoms with E-state index in [1.165, 1.54) is 16.7 Å². The lowest BCUT2D eigenvalue weighted by molar-refractivity contribution is 0.153. The molecule has 4 atom stereocenters. The summed E-state index contributed by atoms with van der Waals surface area (Å²) in [4.78, 5) is 8.75. The van der Waals surface area contributed by atoms with Gasteiger partial charge in [0.15, 0.2) is 0 Å². The van der Waals surface area contributed by atoms with Crippen molar-refractivity contribution in [3.05, 3.63) is 46.9 Å². The number of ether oxygens (including phenoxy) is 1. The van der Waals surface area contributed by atoms with Gasteiger partial charge in [-0.25, -0.2) is 9.97 Å². The number of anilines is 1. The largest absolute Gasteiger partial charge is 0.490 e. The predicted octanol–water partition coefficient (Wildman–Crippen LogP) is 3.94. The smallest absolute Gasteiger partial charge is 0.146 e. The molecular weight excluding hydrogens is 374 g/mol. The van der Waals surface area contributed by atoms with E-state index in [4.69, 9.17) is 10.5 Å². The third-order valence-corrected chi connectivity index (χ3v) is 7.28. The van der Waals surface area contributed by atoms with Gasteiger partial charge in [-0.3, -0.25) is 0 Å². The van der Waals surface area contributed by atoms with Gasteiger partial charge in [0.05, 0.1) is 5.39 Å². The summed E-state index contributed by atoms with van der Waals surface area (Å²) in [7, 11) is 0. The Labute approximate surface area is 177 Å². The fraction of sp³-hybridized carbons (Fsp3) is 0.500. The topological polar surface area (TPSA) is 78.0 Å². The number of aromatic nitrogens is 3. The first-order chi connectivity index (χ1) is 14.4. The van der Waals surface area contributed by atoms with E-state index >= 15 is 0 Å². The van der Waals surface area contributed by atoms with Crippen LogP contribution in [0.25, 0.3) is 11.0 Å². The summed E-state index contributed by atoms with van der Waals surface area (Å²) in [6.45, 7) is 10.8. The molecule has 0 radical (unpaired) electrons. The Bertz CT molecular complexity index is 1100. The standard InChI is InChI=1S/C24H31N5O/c1-13-7-17-5-6-26-10-18(17)21(8-13)30-20-9-19(15(3)16(20)4)29-11-14(2)22-23(25)27-12-28-24(22)29/h7-8,11-12,15-16,19-20,26H,5-6,9-10H2,1-4H3,(H2,25,27,28)/t15-,16+,19-,20+/m1/s1. The van der Waals surface area contributed by atoms with Crippen LogP contribution in [-0.2, 0) is 13.0 Å². The number of aryl methyl sites for hydroxylation is 2. The van der Waals surface area contributed by atoms with E-state index in [1.807, 2.05) is 0 Å². The van der Waals surface area contributed by atoms with Gasteiger partial charge in [-0.1, -0.05) is 19.9 Å². The molecule has 1 aliphatic heterocycles. The molecule has 3 aromatic rings. The maximum Gasteiger partial charge on any atom is 0.146 e. The number of fused-ring (bicyclic) bond motifs is 2. The van der Waals surface area contributed by atoms with Gasteiger partial charge in [0, 0.05) is 30.8 Å². The third-order valence-electron chi connectivity index (χ3n) is 7.28. The highest BCUT2D eigenvalue weighted by Gasteiger charge is 2.41. The highest BCUT2D eigenvalue weighted by molar-refractivity contribution is 5.89. The van der Waals surface area contributed by atoms with Crippen molar-refractivity contribution in [1.29, 1.82) is 0 Å². The lowest BCUT2D eigenvalue weighted by atomic mass is 9.96. The molecule has 0 unspecified atom stereocenters. The minimum Gasteiger partial charge on any atom is -0.490 e. The first kappa shape index (κ1) is 19.4. The van der Waals surface area contributed by atoms with Crippen molar-refractivity contribution in [3.8, 4) is 5.75 Å². The Hall–Kier alpha value is -2.60. The molecule has 1 fully saturated rings. The van der Waals surface area contributed by atoms with Crippen molar-refractivity contribution in [2.45, 2.75) is 59.2 Å². The van der Waals surface area contributed by atoms with E-state index in [-0.39, 0.29) is 6.10 Å². The van der Waals surface area contributed by atoms with Crippen molar-refractivity contribution in [3.63, 3.8) is 0 Å². The SMILES string of the molecule is Cc1cc2c(c(O[C@H]3C[C@@H](n4cc(C)c5c(N)ncnc54)[C@H](C)[C@@H]3C)c1)CNCC2. The molecule has 1 aromatic carbocycles. The van der Waals surface area contributed by atoms with Crippen molar-refractivity contribution >= 4 is 16.9 Å². The van der Waals surface area contributed by atoms with Crippen LogP contribution < -0.4 is 15.8 Å². The fourth-order valence-corrected chi connectivity index (χ4v) is 5.41. The normalized spacial score (nSPS) is 26.1. The molecule has 0 saturated heterocycles. The minimum atomic E-state index is 0.176. The van der Waals surface area contributed by atoms with Crippen molar-refractivity contribution in [1.82, 2.24) is 19.9 Å². The monoisotopic (exact) mass is 405 g/mol. The molecule has 2 aliphatic rings. The van der Waals surface area contributed by atoms with E-state index in [0.29, 0.717) is 23.7 Å². The number of nitrogens with two attached hydrogens (primary N) is 1. The zero-order valence-corrected chi connectivity index (χ0v) is 18.3. The maximum absolute atomic E-state index is 6.72. The second-order valence-corrected chi connectivity index (χ2v) is 9.18. The highest BCUT2D eigenvalue weighted by Crippen LogP contribution is 2.44. The van der Waals surface area contributed by atoms with Crippen LogP contribution in [0.3, 0.4) is 0 Å². The third kappa shape index (κ3) is 3.05. The first-order valence-electron chi connectivity index (χ1n) is 11.0. The summed E-state index contributed by atoms with van der Waals surface area (Å²) in [6, 6.07) is 4.85. The molecule has 30 heavy (non-hydrogen) atoms. The van der Waals surface area contributed by atoms with Crippen LogP contribution in [0.15, 0.2) is 24.7 Å². The van der Waals surface area contributed by atoms with E-state index in [2.05, 4.69) is 65.9 Å². The lowest BCUT2D eigenvalue weighted by Crippen LogP contribution is -2.27. The van der Waals surface area contributed by atoms with E-state index in [0.717, 1.165) is 48.3 Å². The summed E-state index contributed by atoms with van der Waals surface area (Å²) >= 11 is 0. The number of hydrogen-bond acceptors (Lipinski definition) is 5. The molecule has 0 spiro atoms. The molecule has 6 nitrogen and oxygen atoms in total. The van der Waals surface area contributed by atoms with E-state index in [1.54, 1.807) is 6.33 Å². The second-order valence-electron chi connectivity index (χ2n) is 9.18. The van der Waals surface area contributed by atoms with E-state index in [9.17, 15) is 0 Å². The Morgan fingerprint density at radius 1 is 1.17 bits per heavy atom. The fourth-order valence-electron chi connectivity index (χ4n) is 5.41. The number of hydrogen-bond donors (Lipinski definition) is 2. The van der Waals surface area contributed by atoms with Gasteiger partial charge in [0.2, 0.25) is 0 Å². The number of rotatable bonds is 3. The van der Waals surface area contributed by atoms with Crippen LogP contribution in [0.1, 0.15) is 48.6 Å². The van der Waals surface area contributed by atoms with Gasteiger partial charge in [-0.2, -0.15) is 0 Å². The number of nitrogens with one attached hydrogen (secondary N) is 1. The minimum absolute atomic E-state index is 0.176. The summed E-state index contributed by atoms with van der Waals surface area (Å²) < 4.78 is 9.03. The molecule has 6 heteroatoms. The summed E-state index contributed by atoms with van der Waals surface area (Å²) in [6.07, 6.45) is 5.96. The zero-order chi connectivity index (χ0) is 21.0. The molecule has 0 amide bonds. The molecule has 3 N–H and O–H groups in total. The molecule has 1 saturated carbocycles. The average molecular weight is 406 g/mol. The Morgan fingerprint density at radius 3 is 2.83 bits per heavy atom. The number of nitrogens with zero attached hydrogens (tertiary/aromatic N) is 3. The Morgan fingerprint density at radius 2 is 2.00 bits per heavy atom. The Kier molecular flexibility index (Phi) is 4.69. The van der Waals surface area contributed by atoms with Crippen LogP contribution in [0, 0.1) is 25.7 Å².